The van der Waals surface area contributed by atoms with Crippen molar-refractivity contribution in [1.29, 1.82) is 0 Å². The van der Waals surface area contributed by atoms with Crippen molar-refractivity contribution < 1.29 is 4.79 Å². The van der Waals surface area contributed by atoms with Crippen LogP contribution in [-0.4, -0.2) is 11.9 Å². The van der Waals surface area contributed by atoms with Gasteiger partial charge in [-0.3, -0.25) is 4.79 Å². The fraction of sp³-hybridized carbons (Fsp3) is 0.588. The first-order valence-corrected chi connectivity index (χ1v) is 8.75. The topological polar surface area (TPSA) is 55.1 Å². The molecule has 0 saturated heterocycles. The van der Waals surface area contributed by atoms with Crippen LogP contribution < -0.4 is 11.1 Å². The van der Waals surface area contributed by atoms with Crippen molar-refractivity contribution in [1.82, 2.24) is 5.32 Å². The van der Waals surface area contributed by atoms with Crippen LogP contribution in [0.3, 0.4) is 0 Å². The zero-order valence-electron chi connectivity index (χ0n) is 12.0. The molecule has 21 heavy (non-hydrogen) atoms. The molecule has 3 N–H and O–H groups in total. The maximum Gasteiger partial charge on any atom is 0.253 e. The van der Waals surface area contributed by atoms with E-state index in [1.165, 1.54) is 32.1 Å². The fourth-order valence-electron chi connectivity index (χ4n) is 5.12. The van der Waals surface area contributed by atoms with Gasteiger partial charge in [0.15, 0.2) is 0 Å². The van der Waals surface area contributed by atoms with Gasteiger partial charge in [0.1, 0.15) is 0 Å². The lowest BCUT2D eigenvalue weighted by Gasteiger charge is -2.54. The summed E-state index contributed by atoms with van der Waals surface area (Å²) < 4.78 is 0.895. The monoisotopic (exact) mass is 348 g/mol. The normalized spacial score (nSPS) is 36.7. The first-order chi connectivity index (χ1) is 10.1. The largest absolute Gasteiger partial charge is 0.398 e. The highest BCUT2D eigenvalue weighted by atomic mass is 79.9. The summed E-state index contributed by atoms with van der Waals surface area (Å²) in [5.74, 6) is 3.23. The minimum absolute atomic E-state index is 0.00808. The lowest BCUT2D eigenvalue weighted by molar-refractivity contribution is -0.0119. The Kier molecular flexibility index (Phi) is 3.25. The number of nitrogens with two attached hydrogens (primary N) is 1. The van der Waals surface area contributed by atoms with E-state index in [1.807, 2.05) is 12.1 Å². The second-order valence-electron chi connectivity index (χ2n) is 7.16. The Hall–Kier alpha value is -1.03. The maximum absolute atomic E-state index is 12.6. The average molecular weight is 349 g/mol. The predicted octanol–water partition coefficient (Wildman–Crippen LogP) is 3.59. The van der Waals surface area contributed by atoms with Gasteiger partial charge in [-0.15, -0.1) is 0 Å². The molecule has 5 rings (SSSR count). The Labute approximate surface area is 133 Å². The van der Waals surface area contributed by atoms with Crippen LogP contribution in [-0.2, 0) is 0 Å². The van der Waals surface area contributed by atoms with E-state index in [-0.39, 0.29) is 5.91 Å². The number of rotatable bonds is 2. The number of halogens is 1. The Morgan fingerprint density at radius 2 is 1.71 bits per heavy atom. The van der Waals surface area contributed by atoms with Gasteiger partial charge in [0, 0.05) is 16.2 Å². The molecular formula is C17H21BrN2O. The molecular weight excluding hydrogens is 328 g/mol. The van der Waals surface area contributed by atoms with Crippen molar-refractivity contribution in [3.8, 4) is 0 Å². The van der Waals surface area contributed by atoms with E-state index in [9.17, 15) is 4.79 Å². The molecule has 0 aliphatic heterocycles. The van der Waals surface area contributed by atoms with Crippen LogP contribution in [0.5, 0.6) is 0 Å². The maximum atomic E-state index is 12.6. The van der Waals surface area contributed by atoms with Crippen molar-refractivity contribution >= 4 is 27.5 Å². The van der Waals surface area contributed by atoms with Gasteiger partial charge < -0.3 is 11.1 Å². The third kappa shape index (κ3) is 2.37. The average Bonchev–Trinajstić information content (AvgIpc) is 2.44. The van der Waals surface area contributed by atoms with E-state index < -0.39 is 0 Å². The summed E-state index contributed by atoms with van der Waals surface area (Å²) in [6, 6.07) is 5.84. The zero-order chi connectivity index (χ0) is 14.6. The summed E-state index contributed by atoms with van der Waals surface area (Å²) in [7, 11) is 0. The molecule has 3 nitrogen and oxygen atoms in total. The minimum Gasteiger partial charge on any atom is -0.398 e. The van der Waals surface area contributed by atoms with Crippen LogP contribution in [0.4, 0.5) is 5.69 Å². The molecule has 0 spiro atoms. The van der Waals surface area contributed by atoms with Crippen molar-refractivity contribution in [3.63, 3.8) is 0 Å². The summed E-state index contributed by atoms with van der Waals surface area (Å²) in [4.78, 5) is 12.6. The number of nitrogens with one attached hydrogen (secondary N) is 1. The fourth-order valence-corrected chi connectivity index (χ4v) is 5.48. The van der Waals surface area contributed by atoms with Crippen LogP contribution in [0.1, 0.15) is 42.5 Å². The zero-order valence-corrected chi connectivity index (χ0v) is 13.6. The van der Waals surface area contributed by atoms with Gasteiger partial charge in [-0.2, -0.15) is 0 Å². The Morgan fingerprint density at radius 3 is 2.33 bits per heavy atom. The van der Waals surface area contributed by atoms with Gasteiger partial charge in [-0.1, -0.05) is 15.9 Å². The first kappa shape index (κ1) is 13.6. The summed E-state index contributed by atoms with van der Waals surface area (Å²) in [5.41, 5.74) is 7.11. The van der Waals surface area contributed by atoms with E-state index >= 15 is 0 Å². The summed E-state index contributed by atoms with van der Waals surface area (Å²) in [6.07, 6.45) is 6.68. The van der Waals surface area contributed by atoms with Crippen molar-refractivity contribution in [2.75, 3.05) is 5.73 Å². The molecule has 4 saturated carbocycles. The van der Waals surface area contributed by atoms with Crippen molar-refractivity contribution in [2.45, 2.75) is 38.1 Å². The third-order valence-corrected chi connectivity index (χ3v) is 6.28. The van der Waals surface area contributed by atoms with E-state index in [4.69, 9.17) is 5.73 Å². The number of anilines is 1. The molecule has 4 aliphatic carbocycles. The van der Waals surface area contributed by atoms with E-state index in [2.05, 4.69) is 21.2 Å². The highest BCUT2D eigenvalue weighted by Gasteiger charge is 2.48. The van der Waals surface area contributed by atoms with Gasteiger partial charge in [-0.25, -0.2) is 0 Å². The molecule has 0 unspecified atom stereocenters. The molecule has 112 valence electrons. The van der Waals surface area contributed by atoms with Crippen LogP contribution in [0.25, 0.3) is 0 Å². The quantitative estimate of drug-likeness (QED) is 0.802. The molecule has 4 bridgehead atoms. The summed E-state index contributed by atoms with van der Waals surface area (Å²) >= 11 is 3.42. The van der Waals surface area contributed by atoms with E-state index in [0.29, 0.717) is 29.1 Å². The van der Waals surface area contributed by atoms with Crippen LogP contribution in [0.15, 0.2) is 22.7 Å². The third-order valence-electron chi connectivity index (χ3n) is 5.78. The highest BCUT2D eigenvalue weighted by molar-refractivity contribution is 9.10. The Morgan fingerprint density at radius 1 is 1.10 bits per heavy atom. The lowest BCUT2D eigenvalue weighted by Crippen LogP contribution is -2.55. The molecule has 1 aromatic rings. The van der Waals surface area contributed by atoms with Crippen LogP contribution in [0.2, 0.25) is 0 Å². The van der Waals surface area contributed by atoms with Gasteiger partial charge in [0.25, 0.3) is 5.91 Å². The van der Waals surface area contributed by atoms with Crippen molar-refractivity contribution in [2.24, 2.45) is 23.7 Å². The molecule has 0 radical (unpaired) electrons. The molecule has 1 aromatic carbocycles. The summed E-state index contributed by atoms with van der Waals surface area (Å²) in [6.45, 7) is 0. The Bertz CT molecular complexity index is 558. The van der Waals surface area contributed by atoms with Gasteiger partial charge in [0.05, 0.1) is 5.56 Å². The minimum atomic E-state index is -0.00808. The second kappa shape index (κ2) is 5.01. The molecule has 4 fully saturated rings. The highest BCUT2D eigenvalue weighted by Crippen LogP contribution is 2.53. The van der Waals surface area contributed by atoms with Gasteiger partial charge >= 0.3 is 0 Å². The predicted molar refractivity (Wildman–Crippen MR) is 86.9 cm³/mol. The number of nitrogen functional groups attached to an aromatic ring is 1. The number of hydrogen-bond donors (Lipinski definition) is 2. The summed E-state index contributed by atoms with van der Waals surface area (Å²) in [5, 5.41) is 3.31. The standard InChI is InChI=1S/C17H21BrN2O/c18-13-1-2-15(19)14(8-13)17(21)20-16-11-4-9-3-10(6-11)7-12(16)5-9/h1-2,8-12,16H,3-7,19H2,(H,20,21). The lowest BCUT2D eigenvalue weighted by atomic mass is 9.54. The number of carbonyl (C=O) groups is 1. The molecule has 0 aromatic heterocycles. The SMILES string of the molecule is Nc1ccc(Br)cc1C(=O)NC1C2CC3CC(C2)CC1C3. The van der Waals surface area contributed by atoms with Gasteiger partial charge in [-0.05, 0) is 74.0 Å². The molecule has 4 heteroatoms. The van der Waals surface area contributed by atoms with Crippen molar-refractivity contribution in [3.05, 3.63) is 28.2 Å². The molecule has 4 aliphatic rings. The Balaban J connectivity index is 1.53. The number of amides is 1. The number of hydrogen-bond acceptors (Lipinski definition) is 2. The number of carbonyl (C=O) groups excluding carboxylic acids is 1. The second-order valence-corrected chi connectivity index (χ2v) is 8.08. The number of benzene rings is 1. The van der Waals surface area contributed by atoms with E-state index in [0.717, 1.165) is 16.3 Å². The van der Waals surface area contributed by atoms with E-state index in [1.54, 1.807) is 6.07 Å². The van der Waals surface area contributed by atoms with Crippen LogP contribution >= 0.6 is 15.9 Å². The molecule has 0 heterocycles. The van der Waals surface area contributed by atoms with Gasteiger partial charge in [0.2, 0.25) is 0 Å². The molecule has 1 amide bonds. The van der Waals surface area contributed by atoms with Crippen LogP contribution in [0, 0.1) is 23.7 Å². The molecule has 0 atom stereocenters. The first-order valence-electron chi connectivity index (χ1n) is 7.96. The smallest absolute Gasteiger partial charge is 0.253 e.